The number of aromatic nitrogens is 2. The van der Waals surface area contributed by atoms with Crippen molar-refractivity contribution in [3.05, 3.63) is 34.1 Å². The van der Waals surface area contributed by atoms with E-state index in [9.17, 15) is 13.2 Å². The molecule has 102 valence electrons. The van der Waals surface area contributed by atoms with Gasteiger partial charge in [0.05, 0.1) is 11.1 Å². The summed E-state index contributed by atoms with van der Waals surface area (Å²) in [4.78, 5) is 0. The van der Waals surface area contributed by atoms with Crippen molar-refractivity contribution in [1.82, 2.24) is 10.2 Å². The van der Waals surface area contributed by atoms with Crippen molar-refractivity contribution in [2.45, 2.75) is 18.5 Å². The van der Waals surface area contributed by atoms with Gasteiger partial charge < -0.3 is 4.42 Å². The molecule has 1 heterocycles. The molecule has 2 aromatic rings. The first-order valence-corrected chi connectivity index (χ1v) is 6.36. The van der Waals surface area contributed by atoms with Crippen molar-refractivity contribution in [2.75, 3.05) is 0 Å². The Bertz CT molecular complexity index is 598. The van der Waals surface area contributed by atoms with E-state index >= 15 is 0 Å². The monoisotopic (exact) mass is 354 g/mol. The zero-order chi connectivity index (χ0) is 14.2. The summed E-state index contributed by atoms with van der Waals surface area (Å²) < 4.78 is 44.3. The Balaban J connectivity index is 2.55. The molecule has 0 N–H and O–H groups in total. The highest BCUT2D eigenvalue weighted by Gasteiger charge is 2.35. The van der Waals surface area contributed by atoms with Gasteiger partial charge in [-0.3, -0.25) is 0 Å². The first-order chi connectivity index (χ1) is 8.79. The number of nitrogens with zero attached hydrogens (tertiary/aromatic N) is 2. The third-order valence-electron chi connectivity index (χ3n) is 2.30. The fourth-order valence-corrected chi connectivity index (χ4v) is 1.89. The maximum Gasteiger partial charge on any atom is 0.417 e. The summed E-state index contributed by atoms with van der Waals surface area (Å²) in [7, 11) is 0. The Kier molecular flexibility index (Phi) is 3.87. The van der Waals surface area contributed by atoms with Crippen molar-refractivity contribution < 1.29 is 17.6 Å². The summed E-state index contributed by atoms with van der Waals surface area (Å²) in [5.41, 5.74) is -1.02. The Morgan fingerprint density at radius 1 is 1.32 bits per heavy atom. The number of alkyl halides is 4. The SMILES string of the molecule is CC(Cl)c1nnc(-c2ccc(Br)cc2C(F)(F)F)o1. The molecule has 1 aromatic carbocycles. The van der Waals surface area contributed by atoms with E-state index in [0.29, 0.717) is 4.47 Å². The molecule has 0 spiro atoms. The summed E-state index contributed by atoms with van der Waals surface area (Å²) in [5, 5.41) is 6.64. The number of rotatable bonds is 2. The molecule has 0 amide bonds. The fourth-order valence-electron chi connectivity index (χ4n) is 1.44. The van der Waals surface area contributed by atoms with E-state index in [-0.39, 0.29) is 17.3 Å². The van der Waals surface area contributed by atoms with Crippen LogP contribution in [0.1, 0.15) is 23.8 Å². The van der Waals surface area contributed by atoms with E-state index in [1.807, 2.05) is 0 Å². The molecule has 0 aliphatic rings. The zero-order valence-corrected chi connectivity index (χ0v) is 11.8. The Hall–Kier alpha value is -1.08. The van der Waals surface area contributed by atoms with E-state index in [4.69, 9.17) is 16.0 Å². The molecule has 0 saturated heterocycles. The van der Waals surface area contributed by atoms with E-state index in [1.165, 1.54) is 12.1 Å². The predicted molar refractivity (Wildman–Crippen MR) is 66.7 cm³/mol. The van der Waals surface area contributed by atoms with Crippen LogP contribution in [0, 0.1) is 0 Å². The lowest BCUT2D eigenvalue weighted by molar-refractivity contribution is -0.137. The minimum Gasteiger partial charge on any atom is -0.419 e. The van der Waals surface area contributed by atoms with E-state index in [2.05, 4.69) is 26.1 Å². The lowest BCUT2D eigenvalue weighted by Crippen LogP contribution is -2.07. The van der Waals surface area contributed by atoms with Gasteiger partial charge in [0.25, 0.3) is 0 Å². The number of hydrogen-bond acceptors (Lipinski definition) is 3. The van der Waals surface area contributed by atoms with Crippen LogP contribution in [0.5, 0.6) is 0 Å². The highest BCUT2D eigenvalue weighted by Crippen LogP contribution is 2.38. The molecular weight excluding hydrogens is 348 g/mol. The molecule has 0 bridgehead atoms. The van der Waals surface area contributed by atoms with Gasteiger partial charge in [0.1, 0.15) is 5.38 Å². The molecule has 0 aliphatic heterocycles. The van der Waals surface area contributed by atoms with Crippen LogP contribution in [0.15, 0.2) is 27.1 Å². The molecule has 0 fully saturated rings. The van der Waals surface area contributed by atoms with Crippen molar-refractivity contribution in [1.29, 1.82) is 0 Å². The molecule has 0 saturated carbocycles. The van der Waals surface area contributed by atoms with Gasteiger partial charge in [0.2, 0.25) is 11.8 Å². The Morgan fingerprint density at radius 3 is 2.53 bits per heavy atom. The summed E-state index contributed by atoms with van der Waals surface area (Å²) in [6.45, 7) is 1.59. The van der Waals surface area contributed by atoms with Crippen LogP contribution < -0.4 is 0 Å². The van der Waals surface area contributed by atoms with Crippen molar-refractivity contribution >= 4 is 27.5 Å². The second-order valence-corrected chi connectivity index (χ2v) is 5.32. The Labute approximate surface area is 119 Å². The highest BCUT2D eigenvalue weighted by molar-refractivity contribution is 9.10. The highest BCUT2D eigenvalue weighted by atomic mass is 79.9. The molecule has 1 aromatic heterocycles. The number of hydrogen-bond donors (Lipinski definition) is 0. The quantitative estimate of drug-likeness (QED) is 0.725. The summed E-state index contributed by atoms with van der Waals surface area (Å²) in [5.74, 6) is -0.130. The standard InChI is InChI=1S/C11H7BrClF3N2O/c1-5(13)9-17-18-10(19-9)7-3-2-6(12)4-8(7)11(14,15)16/h2-5H,1H3. The van der Waals surface area contributed by atoms with Gasteiger partial charge in [-0.05, 0) is 25.1 Å². The van der Waals surface area contributed by atoms with E-state index in [0.717, 1.165) is 6.07 Å². The molecule has 0 aliphatic carbocycles. The number of halogens is 5. The summed E-state index contributed by atoms with van der Waals surface area (Å²) >= 11 is 8.73. The van der Waals surface area contributed by atoms with Crippen LogP contribution in [-0.4, -0.2) is 10.2 Å². The summed E-state index contributed by atoms with van der Waals surface area (Å²) in [6, 6.07) is 3.70. The molecule has 2 rings (SSSR count). The summed E-state index contributed by atoms with van der Waals surface area (Å²) in [6.07, 6.45) is -4.51. The Morgan fingerprint density at radius 2 is 2.00 bits per heavy atom. The average molecular weight is 356 g/mol. The van der Waals surface area contributed by atoms with Gasteiger partial charge >= 0.3 is 6.18 Å². The van der Waals surface area contributed by atoms with E-state index < -0.39 is 17.1 Å². The number of benzene rings is 1. The predicted octanol–water partition coefficient (Wildman–Crippen LogP) is 4.82. The van der Waals surface area contributed by atoms with E-state index in [1.54, 1.807) is 6.92 Å². The normalized spacial score (nSPS) is 13.6. The largest absolute Gasteiger partial charge is 0.419 e. The van der Waals surface area contributed by atoms with Crippen LogP contribution >= 0.6 is 27.5 Å². The first-order valence-electron chi connectivity index (χ1n) is 5.13. The fraction of sp³-hybridized carbons (Fsp3) is 0.273. The topological polar surface area (TPSA) is 38.9 Å². The van der Waals surface area contributed by atoms with Gasteiger partial charge in [-0.25, -0.2) is 0 Å². The lowest BCUT2D eigenvalue weighted by atomic mass is 10.1. The van der Waals surface area contributed by atoms with Crippen LogP contribution in [0.4, 0.5) is 13.2 Å². The van der Waals surface area contributed by atoms with Crippen molar-refractivity contribution in [3.63, 3.8) is 0 Å². The van der Waals surface area contributed by atoms with Crippen molar-refractivity contribution in [2.24, 2.45) is 0 Å². The molecule has 19 heavy (non-hydrogen) atoms. The van der Waals surface area contributed by atoms with Gasteiger partial charge in [-0.1, -0.05) is 15.9 Å². The molecular formula is C11H7BrClF3N2O. The maximum atomic E-state index is 12.9. The second-order valence-electron chi connectivity index (χ2n) is 3.75. The average Bonchev–Trinajstić information content (AvgIpc) is 2.77. The molecule has 0 radical (unpaired) electrons. The minimum absolute atomic E-state index is 0.0766. The molecule has 1 atom stereocenters. The third-order valence-corrected chi connectivity index (χ3v) is 2.98. The van der Waals surface area contributed by atoms with Crippen LogP contribution in [0.25, 0.3) is 11.5 Å². The van der Waals surface area contributed by atoms with Crippen LogP contribution in [0.3, 0.4) is 0 Å². The minimum atomic E-state index is -4.51. The molecule has 1 unspecified atom stereocenters. The third kappa shape index (κ3) is 3.09. The second kappa shape index (κ2) is 5.13. The lowest BCUT2D eigenvalue weighted by Gasteiger charge is -2.10. The van der Waals surface area contributed by atoms with Gasteiger partial charge in [0.15, 0.2) is 0 Å². The molecule has 3 nitrogen and oxygen atoms in total. The smallest absolute Gasteiger partial charge is 0.417 e. The van der Waals surface area contributed by atoms with Crippen molar-refractivity contribution in [3.8, 4) is 11.5 Å². The van der Waals surface area contributed by atoms with Gasteiger partial charge in [0, 0.05) is 4.47 Å². The van der Waals surface area contributed by atoms with Gasteiger partial charge in [-0.2, -0.15) is 13.2 Å². The van der Waals surface area contributed by atoms with Crippen LogP contribution in [0.2, 0.25) is 0 Å². The zero-order valence-electron chi connectivity index (χ0n) is 9.50. The molecule has 8 heteroatoms. The first kappa shape index (κ1) is 14.3. The van der Waals surface area contributed by atoms with Gasteiger partial charge in [-0.15, -0.1) is 21.8 Å². The maximum absolute atomic E-state index is 12.9. The van der Waals surface area contributed by atoms with Crippen LogP contribution in [-0.2, 0) is 6.18 Å².